The van der Waals surface area contributed by atoms with Gasteiger partial charge in [-0.05, 0) is 42.0 Å². The van der Waals surface area contributed by atoms with Crippen LogP contribution in [0, 0.1) is 0 Å². The lowest BCUT2D eigenvalue weighted by Crippen LogP contribution is -2.38. The summed E-state index contributed by atoms with van der Waals surface area (Å²) in [7, 11) is 4.34. The molecule has 9 heteroatoms. The fourth-order valence-electron chi connectivity index (χ4n) is 3.09. The number of esters is 1. The minimum Gasteiger partial charge on any atom is -0.497 e. The Labute approximate surface area is 190 Å². The minimum atomic E-state index is -0.549. The van der Waals surface area contributed by atoms with E-state index in [0.29, 0.717) is 33.2 Å². The quantitative estimate of drug-likeness (QED) is 0.453. The molecule has 0 aliphatic carbocycles. The topological polar surface area (TPSA) is 87.2 Å². The molecule has 0 saturated carbocycles. The number of amides is 1. The second-order valence-corrected chi connectivity index (χ2v) is 7.19. The molecular formula is C23H23ClN2O6. The number of methoxy groups -OCH3 is 3. The number of halogens is 1. The number of aromatic nitrogens is 1. The number of carbonyl (C=O) groups is 2. The number of nitrogens with zero attached hydrogens (tertiary/aromatic N) is 2. The van der Waals surface area contributed by atoms with Gasteiger partial charge < -0.3 is 23.8 Å². The van der Waals surface area contributed by atoms with E-state index in [1.807, 2.05) is 6.07 Å². The van der Waals surface area contributed by atoms with Crippen LogP contribution in [0.4, 0.5) is 0 Å². The van der Waals surface area contributed by atoms with E-state index in [2.05, 4.69) is 4.98 Å². The SMILES string of the molecule is COC(=O)CN(Cc1cc(OC)cc(OC)c1)C(=O)COc1ccc(Cl)c2cccnc12. The Morgan fingerprint density at radius 1 is 1.03 bits per heavy atom. The molecule has 0 spiro atoms. The van der Waals surface area contributed by atoms with E-state index in [1.165, 1.54) is 26.2 Å². The molecule has 1 aromatic heterocycles. The molecular weight excluding hydrogens is 436 g/mol. The number of pyridine rings is 1. The molecule has 0 aliphatic heterocycles. The van der Waals surface area contributed by atoms with Crippen molar-refractivity contribution in [2.24, 2.45) is 0 Å². The highest BCUT2D eigenvalue weighted by molar-refractivity contribution is 6.35. The third-order valence-electron chi connectivity index (χ3n) is 4.72. The number of rotatable bonds is 9. The third-order valence-corrected chi connectivity index (χ3v) is 5.05. The predicted molar refractivity (Wildman–Crippen MR) is 119 cm³/mol. The van der Waals surface area contributed by atoms with Gasteiger partial charge in [-0.2, -0.15) is 0 Å². The molecule has 1 amide bonds. The van der Waals surface area contributed by atoms with Crippen molar-refractivity contribution < 1.29 is 28.5 Å². The van der Waals surface area contributed by atoms with Crippen LogP contribution in [-0.4, -0.2) is 56.2 Å². The second kappa shape index (κ2) is 10.7. The van der Waals surface area contributed by atoms with Crippen LogP contribution in [-0.2, 0) is 20.9 Å². The number of carbonyl (C=O) groups excluding carboxylic acids is 2. The van der Waals surface area contributed by atoms with Crippen molar-refractivity contribution in [3.05, 3.63) is 59.2 Å². The molecule has 0 radical (unpaired) electrons. The molecule has 0 atom stereocenters. The minimum absolute atomic E-state index is 0.129. The van der Waals surface area contributed by atoms with E-state index in [-0.39, 0.29) is 19.7 Å². The van der Waals surface area contributed by atoms with Gasteiger partial charge in [0.2, 0.25) is 0 Å². The van der Waals surface area contributed by atoms with E-state index in [4.69, 9.17) is 30.5 Å². The highest BCUT2D eigenvalue weighted by Crippen LogP contribution is 2.29. The Morgan fingerprint density at radius 2 is 1.75 bits per heavy atom. The van der Waals surface area contributed by atoms with Gasteiger partial charge in [0.15, 0.2) is 6.61 Å². The van der Waals surface area contributed by atoms with Crippen LogP contribution < -0.4 is 14.2 Å². The van der Waals surface area contributed by atoms with Crippen molar-refractivity contribution in [3.63, 3.8) is 0 Å². The zero-order valence-corrected chi connectivity index (χ0v) is 18.7. The average molecular weight is 459 g/mol. The van der Waals surface area contributed by atoms with E-state index >= 15 is 0 Å². The second-order valence-electron chi connectivity index (χ2n) is 6.78. The van der Waals surface area contributed by atoms with Gasteiger partial charge in [0.25, 0.3) is 5.91 Å². The first kappa shape index (κ1) is 23.1. The summed E-state index contributed by atoms with van der Waals surface area (Å²) < 4.78 is 21.1. The molecule has 0 unspecified atom stereocenters. The summed E-state index contributed by atoms with van der Waals surface area (Å²) in [6.07, 6.45) is 1.62. The van der Waals surface area contributed by atoms with Crippen LogP contribution in [0.5, 0.6) is 17.2 Å². The maximum atomic E-state index is 13.0. The van der Waals surface area contributed by atoms with Crippen LogP contribution in [0.1, 0.15) is 5.56 Å². The zero-order valence-electron chi connectivity index (χ0n) is 18.0. The molecule has 0 fully saturated rings. The molecule has 3 aromatic rings. The number of benzene rings is 2. The summed E-state index contributed by atoms with van der Waals surface area (Å²) in [6.45, 7) is -0.409. The van der Waals surface area contributed by atoms with Gasteiger partial charge in [-0.3, -0.25) is 14.6 Å². The fourth-order valence-corrected chi connectivity index (χ4v) is 3.31. The molecule has 2 aromatic carbocycles. The predicted octanol–water partition coefficient (Wildman–Crippen LogP) is 3.49. The molecule has 168 valence electrons. The maximum absolute atomic E-state index is 13.0. The van der Waals surface area contributed by atoms with Gasteiger partial charge >= 0.3 is 5.97 Å². The molecule has 0 bridgehead atoms. The Balaban J connectivity index is 1.80. The molecule has 32 heavy (non-hydrogen) atoms. The van der Waals surface area contributed by atoms with E-state index in [9.17, 15) is 9.59 Å². The Bertz CT molecular complexity index is 1100. The smallest absolute Gasteiger partial charge is 0.325 e. The first-order valence-corrected chi connectivity index (χ1v) is 10.1. The highest BCUT2D eigenvalue weighted by atomic mass is 35.5. The van der Waals surface area contributed by atoms with Crippen LogP contribution in [0.15, 0.2) is 48.7 Å². The van der Waals surface area contributed by atoms with Gasteiger partial charge in [-0.15, -0.1) is 0 Å². The van der Waals surface area contributed by atoms with Gasteiger partial charge in [0.1, 0.15) is 29.3 Å². The fraction of sp³-hybridized carbons (Fsp3) is 0.261. The Morgan fingerprint density at radius 3 is 2.41 bits per heavy atom. The molecule has 1 heterocycles. The molecule has 3 rings (SSSR count). The number of ether oxygens (including phenoxy) is 4. The largest absolute Gasteiger partial charge is 0.497 e. The molecule has 8 nitrogen and oxygen atoms in total. The first-order valence-electron chi connectivity index (χ1n) is 9.67. The zero-order chi connectivity index (χ0) is 23.1. The lowest BCUT2D eigenvalue weighted by Gasteiger charge is -2.22. The summed E-state index contributed by atoms with van der Waals surface area (Å²) in [5.41, 5.74) is 1.27. The number of fused-ring (bicyclic) bond motifs is 1. The van der Waals surface area contributed by atoms with Crippen LogP contribution in [0.3, 0.4) is 0 Å². The molecule has 0 N–H and O–H groups in total. The summed E-state index contributed by atoms with van der Waals surface area (Å²) in [6, 6.07) is 12.2. The first-order chi connectivity index (χ1) is 15.4. The van der Waals surface area contributed by atoms with E-state index in [1.54, 1.807) is 42.6 Å². The summed E-state index contributed by atoms with van der Waals surface area (Å²) >= 11 is 6.21. The van der Waals surface area contributed by atoms with Gasteiger partial charge in [-0.1, -0.05) is 11.6 Å². The van der Waals surface area contributed by atoms with Crippen molar-refractivity contribution in [2.75, 3.05) is 34.5 Å². The van der Waals surface area contributed by atoms with Crippen molar-refractivity contribution in [3.8, 4) is 17.2 Å². The monoisotopic (exact) mass is 458 g/mol. The number of hydrogen-bond donors (Lipinski definition) is 0. The maximum Gasteiger partial charge on any atom is 0.325 e. The van der Waals surface area contributed by atoms with Gasteiger partial charge in [0, 0.05) is 24.2 Å². The van der Waals surface area contributed by atoms with Crippen molar-refractivity contribution in [1.82, 2.24) is 9.88 Å². The summed E-state index contributed by atoms with van der Waals surface area (Å²) in [5, 5.41) is 1.25. The van der Waals surface area contributed by atoms with E-state index in [0.717, 1.165) is 5.56 Å². The number of hydrogen-bond acceptors (Lipinski definition) is 7. The Hall–Kier alpha value is -3.52. The van der Waals surface area contributed by atoms with Crippen molar-refractivity contribution in [1.29, 1.82) is 0 Å². The van der Waals surface area contributed by atoms with E-state index < -0.39 is 11.9 Å². The third kappa shape index (κ3) is 5.59. The van der Waals surface area contributed by atoms with Crippen molar-refractivity contribution in [2.45, 2.75) is 6.54 Å². The van der Waals surface area contributed by atoms with Gasteiger partial charge in [-0.25, -0.2) is 0 Å². The van der Waals surface area contributed by atoms with Gasteiger partial charge in [0.05, 0.1) is 26.4 Å². The van der Waals surface area contributed by atoms with Crippen LogP contribution >= 0.6 is 11.6 Å². The summed E-state index contributed by atoms with van der Waals surface area (Å²) in [4.78, 5) is 30.5. The molecule has 0 saturated heterocycles. The summed E-state index contributed by atoms with van der Waals surface area (Å²) in [5.74, 6) is 0.599. The van der Waals surface area contributed by atoms with Crippen molar-refractivity contribution >= 4 is 34.4 Å². The Kier molecular flexibility index (Phi) is 7.72. The lowest BCUT2D eigenvalue weighted by atomic mass is 10.2. The lowest BCUT2D eigenvalue weighted by molar-refractivity contribution is -0.148. The van der Waals surface area contributed by atoms with Crippen LogP contribution in [0.25, 0.3) is 10.9 Å². The molecule has 0 aliphatic rings. The normalized spacial score (nSPS) is 10.5. The van der Waals surface area contributed by atoms with Crippen LogP contribution in [0.2, 0.25) is 5.02 Å². The average Bonchev–Trinajstić information content (AvgIpc) is 2.82. The highest BCUT2D eigenvalue weighted by Gasteiger charge is 2.20. The standard InChI is InChI=1S/C23H23ClN2O6/c1-29-16-9-15(10-17(11-16)30-2)12-26(13-22(28)31-3)21(27)14-32-20-7-6-19(24)18-5-4-8-25-23(18)20/h4-11H,12-14H2,1-3H3.